The van der Waals surface area contributed by atoms with Gasteiger partial charge in [0.25, 0.3) is 0 Å². The van der Waals surface area contributed by atoms with Gasteiger partial charge in [0.15, 0.2) is 0 Å². The lowest BCUT2D eigenvalue weighted by Gasteiger charge is -2.10. The van der Waals surface area contributed by atoms with Gasteiger partial charge < -0.3 is 5.11 Å². The largest absolute Gasteiger partial charge is 0.507 e. The third-order valence-electron chi connectivity index (χ3n) is 2.81. The standard InChI is InChI=1S/C15H11NOS/c17-14-8-4-7-12(13-9-18-10-16-13)15(14)11-5-2-1-3-6-11/h1-10,17H. The molecule has 0 aliphatic rings. The predicted octanol–water partition coefficient (Wildman–Crippen LogP) is 4.18. The van der Waals surface area contributed by atoms with Crippen molar-refractivity contribution in [3.63, 3.8) is 0 Å². The van der Waals surface area contributed by atoms with Crippen LogP contribution in [0, 0.1) is 0 Å². The second-order valence-electron chi connectivity index (χ2n) is 3.94. The van der Waals surface area contributed by atoms with Gasteiger partial charge in [0, 0.05) is 16.5 Å². The van der Waals surface area contributed by atoms with Crippen LogP contribution in [0.25, 0.3) is 22.4 Å². The highest BCUT2D eigenvalue weighted by atomic mass is 32.1. The highest BCUT2D eigenvalue weighted by Crippen LogP contribution is 2.38. The Bertz CT molecular complexity index is 648. The van der Waals surface area contributed by atoms with E-state index in [2.05, 4.69) is 4.98 Å². The first-order valence-corrected chi connectivity index (χ1v) is 6.56. The Balaban J connectivity index is 2.25. The molecular weight excluding hydrogens is 242 g/mol. The fourth-order valence-corrected chi connectivity index (χ4v) is 2.56. The van der Waals surface area contributed by atoms with Gasteiger partial charge >= 0.3 is 0 Å². The maximum absolute atomic E-state index is 10.1. The van der Waals surface area contributed by atoms with Crippen molar-refractivity contribution in [2.24, 2.45) is 0 Å². The molecule has 2 nitrogen and oxygen atoms in total. The molecule has 0 spiro atoms. The monoisotopic (exact) mass is 253 g/mol. The van der Waals surface area contributed by atoms with Crippen LogP contribution in [0.5, 0.6) is 5.75 Å². The normalized spacial score (nSPS) is 10.4. The quantitative estimate of drug-likeness (QED) is 0.743. The van der Waals surface area contributed by atoms with Gasteiger partial charge in [-0.3, -0.25) is 0 Å². The zero-order chi connectivity index (χ0) is 12.4. The summed E-state index contributed by atoms with van der Waals surface area (Å²) in [5, 5.41) is 12.1. The lowest BCUT2D eigenvalue weighted by atomic mass is 9.97. The molecular formula is C15H11NOS. The van der Waals surface area contributed by atoms with Gasteiger partial charge in [-0.05, 0) is 11.6 Å². The van der Waals surface area contributed by atoms with E-state index in [9.17, 15) is 5.11 Å². The van der Waals surface area contributed by atoms with E-state index in [-0.39, 0.29) is 5.75 Å². The molecule has 0 saturated heterocycles. The predicted molar refractivity (Wildman–Crippen MR) is 74.7 cm³/mol. The highest BCUT2D eigenvalue weighted by Gasteiger charge is 2.12. The molecule has 2 aromatic carbocycles. The zero-order valence-corrected chi connectivity index (χ0v) is 10.4. The van der Waals surface area contributed by atoms with Crippen molar-refractivity contribution in [3.05, 3.63) is 59.4 Å². The third kappa shape index (κ3) is 1.89. The summed E-state index contributed by atoms with van der Waals surface area (Å²) in [5.41, 5.74) is 5.49. The molecule has 1 aromatic heterocycles. The Morgan fingerprint density at radius 3 is 2.50 bits per heavy atom. The Hall–Kier alpha value is -2.13. The van der Waals surface area contributed by atoms with Crippen molar-refractivity contribution in [2.75, 3.05) is 0 Å². The molecule has 0 saturated carbocycles. The van der Waals surface area contributed by atoms with Gasteiger partial charge in [-0.1, -0.05) is 42.5 Å². The van der Waals surface area contributed by atoms with E-state index in [1.807, 2.05) is 47.8 Å². The van der Waals surface area contributed by atoms with Crippen LogP contribution in [-0.2, 0) is 0 Å². The Morgan fingerprint density at radius 1 is 0.944 bits per heavy atom. The first kappa shape index (κ1) is 11.0. The number of phenols is 1. The molecule has 0 aliphatic heterocycles. The molecule has 0 atom stereocenters. The summed E-state index contributed by atoms with van der Waals surface area (Å²) < 4.78 is 0. The number of phenolic OH excluding ortho intramolecular Hbond substituents is 1. The van der Waals surface area contributed by atoms with Crippen LogP contribution in [0.15, 0.2) is 59.4 Å². The van der Waals surface area contributed by atoms with E-state index in [0.29, 0.717) is 0 Å². The Morgan fingerprint density at radius 2 is 1.78 bits per heavy atom. The number of rotatable bonds is 2. The molecule has 0 unspecified atom stereocenters. The summed E-state index contributed by atoms with van der Waals surface area (Å²) in [6.07, 6.45) is 0. The van der Waals surface area contributed by atoms with E-state index >= 15 is 0 Å². The molecule has 1 heterocycles. The van der Waals surface area contributed by atoms with Crippen molar-refractivity contribution in [3.8, 4) is 28.1 Å². The fraction of sp³-hybridized carbons (Fsp3) is 0. The highest BCUT2D eigenvalue weighted by molar-refractivity contribution is 7.07. The van der Waals surface area contributed by atoms with Gasteiger partial charge in [0.2, 0.25) is 0 Å². The van der Waals surface area contributed by atoms with Crippen molar-refractivity contribution < 1.29 is 5.11 Å². The third-order valence-corrected chi connectivity index (χ3v) is 3.40. The molecule has 0 amide bonds. The van der Waals surface area contributed by atoms with Crippen LogP contribution < -0.4 is 0 Å². The number of aromatic hydroxyl groups is 1. The van der Waals surface area contributed by atoms with E-state index in [0.717, 1.165) is 22.4 Å². The maximum atomic E-state index is 10.1. The summed E-state index contributed by atoms with van der Waals surface area (Å²) in [4.78, 5) is 4.32. The van der Waals surface area contributed by atoms with Crippen LogP contribution in [0.2, 0.25) is 0 Å². The molecule has 1 N–H and O–H groups in total. The first-order chi connectivity index (χ1) is 8.86. The van der Waals surface area contributed by atoms with Gasteiger partial charge in [-0.25, -0.2) is 4.98 Å². The molecule has 3 rings (SSSR count). The topological polar surface area (TPSA) is 33.1 Å². The Kier molecular flexibility index (Phi) is 2.82. The van der Waals surface area contributed by atoms with Crippen molar-refractivity contribution in [1.82, 2.24) is 4.98 Å². The lowest BCUT2D eigenvalue weighted by Crippen LogP contribution is -1.85. The fourth-order valence-electron chi connectivity index (χ4n) is 2.01. The number of hydrogen-bond donors (Lipinski definition) is 1. The van der Waals surface area contributed by atoms with Crippen molar-refractivity contribution in [2.45, 2.75) is 0 Å². The van der Waals surface area contributed by atoms with Crippen molar-refractivity contribution in [1.29, 1.82) is 0 Å². The Labute approximate surface area is 109 Å². The SMILES string of the molecule is Oc1cccc(-c2cscn2)c1-c1ccccc1. The number of thiazole rings is 1. The van der Waals surface area contributed by atoms with Crippen LogP contribution in [0.3, 0.4) is 0 Å². The van der Waals surface area contributed by atoms with E-state index in [4.69, 9.17) is 0 Å². The van der Waals surface area contributed by atoms with Crippen LogP contribution >= 0.6 is 11.3 Å². The summed E-state index contributed by atoms with van der Waals surface area (Å²) in [5.74, 6) is 0.284. The average molecular weight is 253 g/mol. The second kappa shape index (κ2) is 4.63. The number of hydrogen-bond acceptors (Lipinski definition) is 3. The van der Waals surface area contributed by atoms with Crippen LogP contribution in [0.4, 0.5) is 0 Å². The van der Waals surface area contributed by atoms with Crippen LogP contribution in [0.1, 0.15) is 0 Å². The number of aromatic nitrogens is 1. The van der Waals surface area contributed by atoms with Gasteiger partial charge in [0.1, 0.15) is 5.75 Å². The second-order valence-corrected chi connectivity index (χ2v) is 4.66. The molecule has 88 valence electrons. The number of benzene rings is 2. The van der Waals surface area contributed by atoms with Crippen molar-refractivity contribution >= 4 is 11.3 Å². The number of nitrogens with zero attached hydrogens (tertiary/aromatic N) is 1. The summed E-state index contributed by atoms with van der Waals surface area (Å²) in [7, 11) is 0. The van der Waals surface area contributed by atoms with Gasteiger partial charge in [-0.15, -0.1) is 11.3 Å². The molecule has 0 bridgehead atoms. The minimum absolute atomic E-state index is 0.284. The summed E-state index contributed by atoms with van der Waals surface area (Å²) in [6, 6.07) is 15.4. The minimum Gasteiger partial charge on any atom is -0.507 e. The van der Waals surface area contributed by atoms with Crippen LogP contribution in [-0.4, -0.2) is 10.1 Å². The molecule has 18 heavy (non-hydrogen) atoms. The zero-order valence-electron chi connectivity index (χ0n) is 9.58. The smallest absolute Gasteiger partial charge is 0.124 e. The van der Waals surface area contributed by atoms with E-state index in [1.54, 1.807) is 22.9 Å². The summed E-state index contributed by atoms with van der Waals surface area (Å²) >= 11 is 1.55. The lowest BCUT2D eigenvalue weighted by molar-refractivity contribution is 0.477. The summed E-state index contributed by atoms with van der Waals surface area (Å²) in [6.45, 7) is 0. The maximum Gasteiger partial charge on any atom is 0.124 e. The first-order valence-electron chi connectivity index (χ1n) is 5.62. The molecule has 3 aromatic rings. The molecule has 3 heteroatoms. The minimum atomic E-state index is 0.284. The molecule has 0 aliphatic carbocycles. The molecule has 0 fully saturated rings. The average Bonchev–Trinajstić information content (AvgIpc) is 2.93. The van der Waals surface area contributed by atoms with Gasteiger partial charge in [0.05, 0.1) is 11.2 Å². The van der Waals surface area contributed by atoms with E-state index in [1.165, 1.54) is 0 Å². The van der Waals surface area contributed by atoms with E-state index < -0.39 is 0 Å². The molecule has 0 radical (unpaired) electrons. The van der Waals surface area contributed by atoms with Gasteiger partial charge in [-0.2, -0.15) is 0 Å².